The Balaban J connectivity index is 1.37. The molecule has 13 heteroatoms. The number of hydrogen-bond acceptors (Lipinski definition) is 6. The molecular formula is C26H24F4N8O. The molecule has 9 nitrogen and oxygen atoms in total. The number of carbonyl (C=O) groups excluding carboxylic acids is 1. The molecule has 5 rings (SSSR count). The van der Waals surface area contributed by atoms with Gasteiger partial charge in [0.2, 0.25) is 0 Å². The van der Waals surface area contributed by atoms with Crippen LogP contribution in [0.1, 0.15) is 35.7 Å². The molecule has 1 amide bonds. The quantitative estimate of drug-likeness (QED) is 0.334. The van der Waals surface area contributed by atoms with E-state index < -0.39 is 29.5 Å². The molecule has 2 N–H and O–H groups in total. The maximum Gasteiger partial charge on any atom is 0.408 e. The van der Waals surface area contributed by atoms with Gasteiger partial charge in [-0.05, 0) is 37.1 Å². The Bertz CT molecular complexity index is 1580. The van der Waals surface area contributed by atoms with Crippen molar-refractivity contribution in [2.24, 2.45) is 0 Å². The van der Waals surface area contributed by atoms with Gasteiger partial charge in [-0.3, -0.25) is 9.48 Å². The number of anilines is 1. The highest BCUT2D eigenvalue weighted by Gasteiger charge is 2.46. The number of benzene rings is 1. The molecule has 0 spiro atoms. The summed E-state index contributed by atoms with van der Waals surface area (Å²) in [5, 5.41) is 16.8. The zero-order chi connectivity index (χ0) is 27.9. The number of halogens is 4. The van der Waals surface area contributed by atoms with Crippen LogP contribution in [0.4, 0.5) is 23.2 Å². The normalized spacial score (nSPS) is 15.6. The zero-order valence-corrected chi connectivity index (χ0v) is 21.1. The third-order valence-corrected chi connectivity index (χ3v) is 7.06. The highest BCUT2D eigenvalue weighted by Crippen LogP contribution is 2.39. The summed E-state index contributed by atoms with van der Waals surface area (Å²) < 4.78 is 56.1. The van der Waals surface area contributed by atoms with Crippen LogP contribution in [0.5, 0.6) is 0 Å². The molecule has 0 unspecified atom stereocenters. The second-order valence-electron chi connectivity index (χ2n) is 9.65. The first-order chi connectivity index (χ1) is 18.6. The van der Waals surface area contributed by atoms with E-state index in [1.807, 2.05) is 11.4 Å². The van der Waals surface area contributed by atoms with E-state index >= 15 is 4.39 Å². The number of nitrogens with zero attached hydrogens (tertiary/aromatic N) is 6. The predicted molar refractivity (Wildman–Crippen MR) is 134 cm³/mol. The van der Waals surface area contributed by atoms with Gasteiger partial charge in [-0.1, -0.05) is 6.92 Å². The Labute approximate surface area is 220 Å². The molecule has 0 radical (unpaired) electrons. The number of H-pyrrole nitrogens is 1. The van der Waals surface area contributed by atoms with Gasteiger partial charge in [0.15, 0.2) is 0 Å². The molecule has 4 heterocycles. The van der Waals surface area contributed by atoms with Crippen molar-refractivity contribution >= 4 is 22.6 Å². The zero-order valence-electron chi connectivity index (χ0n) is 21.1. The topological polar surface area (TPSA) is 116 Å². The Kier molecular flexibility index (Phi) is 6.49. The summed E-state index contributed by atoms with van der Waals surface area (Å²) in [7, 11) is 0. The van der Waals surface area contributed by atoms with Crippen LogP contribution >= 0.6 is 0 Å². The number of fused-ring (bicyclic) bond motifs is 1. The van der Waals surface area contributed by atoms with Gasteiger partial charge in [-0.2, -0.15) is 23.5 Å². The number of nitrogens with one attached hydrogen (secondary N) is 2. The van der Waals surface area contributed by atoms with Crippen molar-refractivity contribution in [3.05, 3.63) is 60.1 Å². The van der Waals surface area contributed by atoms with Gasteiger partial charge in [-0.25, -0.2) is 14.4 Å². The van der Waals surface area contributed by atoms with Crippen LogP contribution in [0, 0.1) is 24.1 Å². The molecule has 1 atom stereocenters. The molecule has 0 aliphatic carbocycles. The molecule has 1 fully saturated rings. The monoisotopic (exact) mass is 540 g/mol. The number of hydrogen-bond donors (Lipinski definition) is 2. The summed E-state index contributed by atoms with van der Waals surface area (Å²) >= 11 is 0. The molecule has 1 aromatic carbocycles. The van der Waals surface area contributed by atoms with Gasteiger partial charge in [0.05, 0.1) is 30.1 Å². The van der Waals surface area contributed by atoms with Crippen LogP contribution in [0.3, 0.4) is 0 Å². The number of carbonyl (C=O) groups is 1. The fourth-order valence-electron chi connectivity index (χ4n) is 4.93. The molecule has 39 heavy (non-hydrogen) atoms. The van der Waals surface area contributed by atoms with E-state index in [9.17, 15) is 23.2 Å². The third-order valence-electron chi connectivity index (χ3n) is 7.06. The predicted octanol–water partition coefficient (Wildman–Crippen LogP) is 4.47. The molecule has 3 aromatic heterocycles. The highest BCUT2D eigenvalue weighted by atomic mass is 19.4. The van der Waals surface area contributed by atoms with Gasteiger partial charge < -0.3 is 15.2 Å². The van der Waals surface area contributed by atoms with Gasteiger partial charge >= 0.3 is 6.18 Å². The standard InChI is InChI=1S/C26H24F4N8O/c1-3-21(26(28,29)30)36-24(39)18-9-19(27)20(8-15(18)2)37-12-25(13-37,5-6-31)38-11-16(10-35-38)22-17-4-7-32-23(17)34-14-33-22/h4,7-11,14,21H,3,5,12-13H2,1-2H3,(H,36,39)(H,32,33,34)/t21-/m0/s1. The maximum atomic E-state index is 15.1. The molecule has 202 valence electrons. The van der Waals surface area contributed by atoms with Gasteiger partial charge in [0.25, 0.3) is 5.91 Å². The Hall–Kier alpha value is -4.47. The largest absolute Gasteiger partial charge is 0.408 e. The average Bonchev–Trinajstić information content (AvgIpc) is 3.55. The van der Waals surface area contributed by atoms with E-state index in [-0.39, 0.29) is 37.2 Å². The SMILES string of the molecule is CC[C@H](NC(=O)c1cc(F)c(N2CC(CC#N)(n3cc(-c4ncnc5[nH]ccc45)cn3)C2)cc1C)C(F)(F)F. The minimum absolute atomic E-state index is 0.116. The van der Waals surface area contributed by atoms with E-state index in [1.165, 1.54) is 26.2 Å². The van der Waals surface area contributed by atoms with E-state index in [0.717, 1.165) is 17.0 Å². The number of nitriles is 1. The number of rotatable bonds is 7. The molecule has 0 saturated carbocycles. The lowest BCUT2D eigenvalue weighted by molar-refractivity contribution is -0.153. The second-order valence-corrected chi connectivity index (χ2v) is 9.65. The van der Waals surface area contributed by atoms with Crippen LogP contribution in [-0.4, -0.2) is 55.9 Å². The smallest absolute Gasteiger partial charge is 0.364 e. The van der Waals surface area contributed by atoms with Crippen LogP contribution in [0.25, 0.3) is 22.3 Å². The van der Waals surface area contributed by atoms with Crippen molar-refractivity contribution in [2.45, 2.75) is 44.4 Å². The molecule has 1 aliphatic heterocycles. The van der Waals surface area contributed by atoms with Crippen LogP contribution in [0.2, 0.25) is 0 Å². The van der Waals surface area contributed by atoms with Gasteiger partial charge in [0, 0.05) is 42.0 Å². The first kappa shape index (κ1) is 26.1. The van der Waals surface area contributed by atoms with Gasteiger partial charge in [0.1, 0.15) is 29.4 Å². The second kappa shape index (κ2) is 9.68. The lowest BCUT2D eigenvalue weighted by atomic mass is 9.86. The van der Waals surface area contributed by atoms with Crippen LogP contribution in [-0.2, 0) is 5.54 Å². The molecule has 1 saturated heterocycles. The molecule has 4 aromatic rings. The van der Waals surface area contributed by atoms with Crippen molar-refractivity contribution < 1.29 is 22.4 Å². The lowest BCUT2D eigenvalue weighted by Gasteiger charge is -2.50. The first-order valence-electron chi connectivity index (χ1n) is 12.2. The van der Waals surface area contributed by atoms with E-state index in [4.69, 9.17) is 0 Å². The van der Waals surface area contributed by atoms with Crippen molar-refractivity contribution in [3.63, 3.8) is 0 Å². The van der Waals surface area contributed by atoms with Crippen LogP contribution < -0.4 is 10.2 Å². The fourth-order valence-corrected chi connectivity index (χ4v) is 4.93. The lowest BCUT2D eigenvalue weighted by Crippen LogP contribution is -2.63. The summed E-state index contributed by atoms with van der Waals surface area (Å²) in [6, 6.07) is 4.41. The van der Waals surface area contributed by atoms with Crippen molar-refractivity contribution in [3.8, 4) is 17.3 Å². The van der Waals surface area contributed by atoms with Crippen molar-refractivity contribution in [1.29, 1.82) is 5.26 Å². The summed E-state index contributed by atoms with van der Waals surface area (Å²) in [5.41, 5.74) is 1.73. The summed E-state index contributed by atoms with van der Waals surface area (Å²) in [5.74, 6) is -1.73. The third kappa shape index (κ3) is 4.67. The average molecular weight is 541 g/mol. The number of aryl methyl sites for hydroxylation is 1. The Morgan fingerprint density at radius 3 is 2.77 bits per heavy atom. The summed E-state index contributed by atoms with van der Waals surface area (Å²) in [6.07, 6.45) is 1.83. The van der Waals surface area contributed by atoms with Gasteiger partial charge in [-0.15, -0.1) is 0 Å². The van der Waals surface area contributed by atoms with E-state index in [1.54, 1.807) is 28.2 Å². The fraction of sp³-hybridized carbons (Fsp3) is 0.346. The molecular weight excluding hydrogens is 516 g/mol. The molecule has 1 aliphatic rings. The van der Waals surface area contributed by atoms with E-state index in [0.29, 0.717) is 16.9 Å². The van der Waals surface area contributed by atoms with Crippen molar-refractivity contribution in [1.82, 2.24) is 30.0 Å². The Morgan fingerprint density at radius 1 is 1.31 bits per heavy atom. The van der Waals surface area contributed by atoms with E-state index in [2.05, 4.69) is 26.1 Å². The number of amides is 1. The van der Waals surface area contributed by atoms with Crippen LogP contribution in [0.15, 0.2) is 43.1 Å². The number of alkyl halides is 3. The summed E-state index contributed by atoms with van der Waals surface area (Å²) in [4.78, 5) is 25.8. The Morgan fingerprint density at radius 2 is 2.08 bits per heavy atom. The summed E-state index contributed by atoms with van der Waals surface area (Å²) in [6.45, 7) is 3.37. The number of aromatic amines is 1. The first-order valence-corrected chi connectivity index (χ1v) is 12.2. The minimum atomic E-state index is -4.61. The minimum Gasteiger partial charge on any atom is -0.364 e. The molecule has 0 bridgehead atoms. The highest BCUT2D eigenvalue weighted by molar-refractivity contribution is 5.96. The number of aromatic nitrogens is 5. The maximum absolute atomic E-state index is 15.1. The van der Waals surface area contributed by atoms with Crippen molar-refractivity contribution in [2.75, 3.05) is 18.0 Å².